The first-order chi connectivity index (χ1) is 8.08. The molecule has 1 rings (SSSR count). The molecule has 0 fully saturated rings. The highest BCUT2D eigenvalue weighted by atomic mass is 16.5. The fourth-order valence-electron chi connectivity index (χ4n) is 1.32. The molecule has 4 heteroatoms. The van der Waals surface area contributed by atoms with Gasteiger partial charge in [0.25, 0.3) is 0 Å². The van der Waals surface area contributed by atoms with Crippen molar-refractivity contribution < 1.29 is 19.0 Å². The Morgan fingerprint density at radius 3 is 2.59 bits per heavy atom. The van der Waals surface area contributed by atoms with Gasteiger partial charge in [-0.25, -0.2) is 0 Å². The summed E-state index contributed by atoms with van der Waals surface area (Å²) in [6, 6.07) is 5.15. The van der Waals surface area contributed by atoms with Crippen molar-refractivity contribution in [1.29, 1.82) is 0 Å². The molecule has 0 spiro atoms. The first-order valence-corrected chi connectivity index (χ1v) is 5.43. The maximum Gasteiger partial charge on any atom is 0.163 e. The standard InChI is InChI=1S/C13H18O4/c1-9(15-3)8-17-13-7-11(16-4)5-6-12(13)10(2)14/h5-7,9H,8H2,1-4H3. The quantitative estimate of drug-likeness (QED) is 0.713. The van der Waals surface area contributed by atoms with E-state index in [1.54, 1.807) is 32.4 Å². The average molecular weight is 238 g/mol. The van der Waals surface area contributed by atoms with Gasteiger partial charge in [0.15, 0.2) is 5.78 Å². The van der Waals surface area contributed by atoms with Gasteiger partial charge in [0.2, 0.25) is 0 Å². The van der Waals surface area contributed by atoms with E-state index in [9.17, 15) is 4.79 Å². The second-order valence-electron chi connectivity index (χ2n) is 3.78. The molecule has 0 aliphatic rings. The maximum atomic E-state index is 11.4. The van der Waals surface area contributed by atoms with Crippen LogP contribution in [0.4, 0.5) is 0 Å². The molecule has 0 aliphatic heterocycles. The minimum atomic E-state index is -0.0345. The number of hydrogen-bond acceptors (Lipinski definition) is 4. The van der Waals surface area contributed by atoms with Gasteiger partial charge in [-0.3, -0.25) is 4.79 Å². The molecule has 0 heterocycles. The smallest absolute Gasteiger partial charge is 0.163 e. The molecule has 4 nitrogen and oxygen atoms in total. The summed E-state index contributed by atoms with van der Waals surface area (Å²) in [5.74, 6) is 1.16. The molecule has 17 heavy (non-hydrogen) atoms. The van der Waals surface area contributed by atoms with E-state index >= 15 is 0 Å². The Hall–Kier alpha value is -1.55. The van der Waals surface area contributed by atoms with Crippen molar-refractivity contribution in [2.75, 3.05) is 20.8 Å². The van der Waals surface area contributed by atoms with Crippen LogP contribution in [-0.2, 0) is 4.74 Å². The molecule has 0 aliphatic carbocycles. The van der Waals surface area contributed by atoms with Gasteiger partial charge in [0, 0.05) is 13.2 Å². The predicted octanol–water partition coefficient (Wildman–Crippen LogP) is 2.31. The van der Waals surface area contributed by atoms with Crippen molar-refractivity contribution in [3.05, 3.63) is 23.8 Å². The molecule has 0 amide bonds. The molecule has 0 aromatic heterocycles. The second kappa shape index (κ2) is 6.25. The summed E-state index contributed by atoms with van der Waals surface area (Å²) >= 11 is 0. The number of Topliss-reactive ketones (excluding diaryl/α,β-unsaturated/α-hetero) is 1. The van der Waals surface area contributed by atoms with Gasteiger partial charge < -0.3 is 14.2 Å². The third kappa shape index (κ3) is 3.75. The third-order valence-electron chi connectivity index (χ3n) is 2.44. The van der Waals surface area contributed by atoms with E-state index in [-0.39, 0.29) is 11.9 Å². The lowest BCUT2D eigenvalue weighted by Gasteiger charge is -2.14. The van der Waals surface area contributed by atoms with Gasteiger partial charge in [-0.15, -0.1) is 0 Å². The summed E-state index contributed by atoms with van der Waals surface area (Å²) in [6.07, 6.45) is -0.0268. The maximum absolute atomic E-state index is 11.4. The Kier molecular flexibility index (Phi) is 4.97. The van der Waals surface area contributed by atoms with Crippen molar-refractivity contribution in [3.63, 3.8) is 0 Å². The van der Waals surface area contributed by atoms with Gasteiger partial charge in [0.05, 0.1) is 18.8 Å². The predicted molar refractivity (Wildman–Crippen MR) is 65.0 cm³/mol. The van der Waals surface area contributed by atoms with E-state index in [0.717, 1.165) is 0 Å². The Morgan fingerprint density at radius 1 is 1.35 bits per heavy atom. The van der Waals surface area contributed by atoms with Crippen molar-refractivity contribution >= 4 is 5.78 Å². The van der Waals surface area contributed by atoms with Gasteiger partial charge in [0.1, 0.15) is 18.1 Å². The Bertz CT molecular complexity index is 387. The van der Waals surface area contributed by atoms with Crippen LogP contribution in [0.3, 0.4) is 0 Å². The van der Waals surface area contributed by atoms with E-state index < -0.39 is 0 Å². The molecule has 0 radical (unpaired) electrons. The molecule has 1 aromatic carbocycles. The summed E-state index contributed by atoms with van der Waals surface area (Å²) in [6.45, 7) is 3.80. The number of ether oxygens (including phenoxy) is 3. The van der Waals surface area contributed by atoms with Crippen LogP contribution in [0.5, 0.6) is 11.5 Å². The molecule has 1 atom stereocenters. The normalized spacial score (nSPS) is 12.0. The van der Waals surface area contributed by atoms with Crippen LogP contribution >= 0.6 is 0 Å². The molecular formula is C13H18O4. The Balaban J connectivity index is 2.89. The van der Waals surface area contributed by atoms with Crippen LogP contribution in [0.15, 0.2) is 18.2 Å². The summed E-state index contributed by atoms with van der Waals surface area (Å²) in [5.41, 5.74) is 0.550. The fraction of sp³-hybridized carbons (Fsp3) is 0.462. The largest absolute Gasteiger partial charge is 0.497 e. The number of benzene rings is 1. The summed E-state index contributed by atoms with van der Waals surface area (Å²) < 4.78 is 15.8. The topological polar surface area (TPSA) is 44.8 Å². The number of rotatable bonds is 6. The van der Waals surface area contributed by atoms with Crippen molar-refractivity contribution in [1.82, 2.24) is 0 Å². The number of carbonyl (C=O) groups is 1. The zero-order chi connectivity index (χ0) is 12.8. The molecule has 94 valence electrons. The van der Waals surface area contributed by atoms with Crippen LogP contribution in [0, 0.1) is 0 Å². The van der Waals surface area contributed by atoms with Crippen LogP contribution < -0.4 is 9.47 Å². The number of ketones is 1. The molecule has 0 saturated heterocycles. The molecule has 0 N–H and O–H groups in total. The Morgan fingerprint density at radius 2 is 2.06 bits per heavy atom. The molecule has 1 unspecified atom stereocenters. The van der Waals surface area contributed by atoms with Crippen molar-refractivity contribution in [2.24, 2.45) is 0 Å². The molecular weight excluding hydrogens is 220 g/mol. The number of hydrogen-bond donors (Lipinski definition) is 0. The SMILES string of the molecule is COc1ccc(C(C)=O)c(OCC(C)OC)c1. The minimum Gasteiger partial charge on any atom is -0.497 e. The zero-order valence-electron chi connectivity index (χ0n) is 10.6. The van der Waals surface area contributed by atoms with E-state index in [2.05, 4.69) is 0 Å². The van der Waals surface area contributed by atoms with Crippen LogP contribution in [0.2, 0.25) is 0 Å². The molecule has 0 bridgehead atoms. The van der Waals surface area contributed by atoms with Crippen LogP contribution in [-0.4, -0.2) is 32.7 Å². The highest BCUT2D eigenvalue weighted by molar-refractivity contribution is 5.97. The van der Waals surface area contributed by atoms with Gasteiger partial charge in [-0.1, -0.05) is 0 Å². The minimum absolute atomic E-state index is 0.0268. The average Bonchev–Trinajstić information content (AvgIpc) is 2.35. The second-order valence-corrected chi connectivity index (χ2v) is 3.78. The van der Waals surface area contributed by atoms with Crippen molar-refractivity contribution in [3.8, 4) is 11.5 Å². The van der Waals surface area contributed by atoms with Crippen LogP contribution in [0.1, 0.15) is 24.2 Å². The van der Waals surface area contributed by atoms with Gasteiger partial charge in [-0.05, 0) is 26.0 Å². The first-order valence-electron chi connectivity index (χ1n) is 5.43. The molecule has 0 saturated carbocycles. The Labute approximate surface area is 101 Å². The van der Waals surface area contributed by atoms with E-state index in [0.29, 0.717) is 23.7 Å². The van der Waals surface area contributed by atoms with Gasteiger partial charge in [-0.2, -0.15) is 0 Å². The fourth-order valence-corrected chi connectivity index (χ4v) is 1.32. The lowest BCUT2D eigenvalue weighted by molar-refractivity contribution is 0.0707. The summed E-state index contributed by atoms with van der Waals surface area (Å²) in [7, 11) is 3.19. The first kappa shape index (κ1) is 13.5. The van der Waals surface area contributed by atoms with Crippen LogP contribution in [0.25, 0.3) is 0 Å². The highest BCUT2D eigenvalue weighted by Gasteiger charge is 2.11. The summed E-state index contributed by atoms with van der Waals surface area (Å²) in [5, 5.41) is 0. The van der Waals surface area contributed by atoms with E-state index in [1.165, 1.54) is 6.92 Å². The highest BCUT2D eigenvalue weighted by Crippen LogP contribution is 2.25. The number of carbonyl (C=O) groups excluding carboxylic acids is 1. The number of methoxy groups -OCH3 is 2. The summed E-state index contributed by atoms with van der Waals surface area (Å²) in [4.78, 5) is 11.4. The lowest BCUT2D eigenvalue weighted by Crippen LogP contribution is -2.17. The lowest BCUT2D eigenvalue weighted by atomic mass is 10.1. The zero-order valence-corrected chi connectivity index (χ0v) is 10.6. The van der Waals surface area contributed by atoms with E-state index in [1.807, 2.05) is 6.92 Å². The van der Waals surface area contributed by atoms with Crippen molar-refractivity contribution in [2.45, 2.75) is 20.0 Å². The molecule has 1 aromatic rings. The van der Waals surface area contributed by atoms with E-state index in [4.69, 9.17) is 14.2 Å². The third-order valence-corrected chi connectivity index (χ3v) is 2.44. The van der Waals surface area contributed by atoms with Gasteiger partial charge >= 0.3 is 0 Å². The monoisotopic (exact) mass is 238 g/mol.